The van der Waals surface area contributed by atoms with Gasteiger partial charge >= 0.3 is 5.97 Å². The molecular formula is C17H28N2O5. The minimum atomic E-state index is -0.900. The number of carbonyl (C=O) groups excluding carboxylic acids is 3. The van der Waals surface area contributed by atoms with Crippen molar-refractivity contribution in [2.45, 2.75) is 76.8 Å². The third-order valence-electron chi connectivity index (χ3n) is 4.35. The number of aldehydes is 1. The fourth-order valence-electron chi connectivity index (χ4n) is 2.89. The summed E-state index contributed by atoms with van der Waals surface area (Å²) in [5.41, 5.74) is 0. The van der Waals surface area contributed by atoms with Gasteiger partial charge in [-0.1, -0.05) is 19.3 Å². The van der Waals surface area contributed by atoms with Crippen molar-refractivity contribution in [1.29, 1.82) is 0 Å². The maximum atomic E-state index is 12.1. The molecule has 136 valence electrons. The summed E-state index contributed by atoms with van der Waals surface area (Å²) in [6, 6.07) is -0.889. The molecule has 1 aliphatic rings. The van der Waals surface area contributed by atoms with Gasteiger partial charge in [-0.25, -0.2) is 0 Å². The number of carboxylic acid groups (broad SMARTS) is 1. The van der Waals surface area contributed by atoms with Gasteiger partial charge in [0.15, 0.2) is 0 Å². The highest BCUT2D eigenvalue weighted by Crippen LogP contribution is 2.23. The lowest BCUT2D eigenvalue weighted by Crippen LogP contribution is -2.41. The van der Waals surface area contributed by atoms with E-state index in [1.165, 1.54) is 0 Å². The number of hydrogen-bond acceptors (Lipinski definition) is 4. The maximum absolute atomic E-state index is 12.1. The van der Waals surface area contributed by atoms with Gasteiger partial charge in [0.1, 0.15) is 6.29 Å². The largest absolute Gasteiger partial charge is 0.481 e. The van der Waals surface area contributed by atoms with Crippen LogP contribution in [0.5, 0.6) is 0 Å². The molecule has 0 saturated heterocycles. The van der Waals surface area contributed by atoms with Gasteiger partial charge in [0, 0.05) is 24.8 Å². The molecule has 7 heteroatoms. The average molecular weight is 340 g/mol. The van der Waals surface area contributed by atoms with E-state index in [0.29, 0.717) is 12.7 Å². The number of carboxylic acids is 1. The van der Waals surface area contributed by atoms with Gasteiger partial charge in [0.2, 0.25) is 11.8 Å². The molecule has 0 aromatic heterocycles. The highest BCUT2D eigenvalue weighted by atomic mass is 16.4. The summed E-state index contributed by atoms with van der Waals surface area (Å²) in [6.45, 7) is 1.74. The molecule has 0 radical (unpaired) electrons. The number of amides is 2. The standard InChI is InChI=1S/C17H28N2O5/c1-12(7-10-16(22)23)18-15(21)9-8-14(11-20)19-17(24)13-5-3-2-4-6-13/h11-14H,2-10H2,1H3,(H,18,21)(H,19,24)(H,22,23). The lowest BCUT2D eigenvalue weighted by molar-refractivity contribution is -0.137. The molecule has 0 bridgehead atoms. The lowest BCUT2D eigenvalue weighted by atomic mass is 9.88. The second-order valence-corrected chi connectivity index (χ2v) is 6.53. The second kappa shape index (κ2) is 10.8. The van der Waals surface area contributed by atoms with Gasteiger partial charge in [0.05, 0.1) is 6.04 Å². The van der Waals surface area contributed by atoms with E-state index < -0.39 is 12.0 Å². The van der Waals surface area contributed by atoms with Crippen LogP contribution < -0.4 is 10.6 Å². The smallest absolute Gasteiger partial charge is 0.303 e. The summed E-state index contributed by atoms with van der Waals surface area (Å²) < 4.78 is 0. The van der Waals surface area contributed by atoms with Crippen LogP contribution in [0.2, 0.25) is 0 Å². The third-order valence-corrected chi connectivity index (χ3v) is 4.35. The van der Waals surface area contributed by atoms with Gasteiger partial charge in [-0.05, 0) is 32.6 Å². The zero-order valence-corrected chi connectivity index (χ0v) is 14.3. The van der Waals surface area contributed by atoms with Gasteiger partial charge in [-0.15, -0.1) is 0 Å². The minimum Gasteiger partial charge on any atom is -0.481 e. The molecule has 2 amide bonds. The van der Waals surface area contributed by atoms with E-state index in [1.807, 2.05) is 0 Å². The number of nitrogens with one attached hydrogen (secondary N) is 2. The Labute approximate surface area is 142 Å². The molecule has 2 atom stereocenters. The molecule has 1 saturated carbocycles. The molecule has 3 N–H and O–H groups in total. The molecule has 0 heterocycles. The van der Waals surface area contributed by atoms with E-state index in [2.05, 4.69) is 10.6 Å². The first kappa shape index (κ1) is 20.1. The molecule has 1 aliphatic carbocycles. The Kier molecular flexibility index (Phi) is 9.04. The van der Waals surface area contributed by atoms with E-state index in [4.69, 9.17) is 5.11 Å². The van der Waals surface area contributed by atoms with Gasteiger partial charge in [-0.3, -0.25) is 14.4 Å². The molecule has 7 nitrogen and oxygen atoms in total. The lowest BCUT2D eigenvalue weighted by Gasteiger charge is -2.22. The molecule has 1 fully saturated rings. The summed E-state index contributed by atoms with van der Waals surface area (Å²) in [6.07, 6.45) is 6.35. The maximum Gasteiger partial charge on any atom is 0.303 e. The predicted molar refractivity (Wildman–Crippen MR) is 88.3 cm³/mol. The Hall–Kier alpha value is -1.92. The molecule has 2 unspecified atom stereocenters. The zero-order chi connectivity index (χ0) is 17.9. The van der Waals surface area contributed by atoms with Crippen LogP contribution in [-0.2, 0) is 19.2 Å². The van der Waals surface area contributed by atoms with Crippen LogP contribution in [0.25, 0.3) is 0 Å². The Bertz CT molecular complexity index is 446. The fraction of sp³-hybridized carbons (Fsp3) is 0.765. The molecule has 0 aromatic carbocycles. The van der Waals surface area contributed by atoms with E-state index in [1.54, 1.807) is 6.92 Å². The summed E-state index contributed by atoms with van der Waals surface area (Å²) >= 11 is 0. The highest BCUT2D eigenvalue weighted by molar-refractivity contribution is 5.82. The Morgan fingerprint density at radius 1 is 1.08 bits per heavy atom. The minimum absolute atomic E-state index is 0.00411. The van der Waals surface area contributed by atoms with Crippen molar-refractivity contribution in [3.05, 3.63) is 0 Å². The number of carbonyl (C=O) groups is 4. The first-order valence-electron chi connectivity index (χ1n) is 8.69. The van der Waals surface area contributed by atoms with Gasteiger partial charge in [-0.2, -0.15) is 0 Å². The van der Waals surface area contributed by atoms with Crippen molar-refractivity contribution in [2.75, 3.05) is 0 Å². The Balaban J connectivity index is 2.29. The van der Waals surface area contributed by atoms with E-state index in [9.17, 15) is 19.2 Å². The topological polar surface area (TPSA) is 113 Å². The Morgan fingerprint density at radius 2 is 1.75 bits per heavy atom. The van der Waals surface area contributed by atoms with E-state index >= 15 is 0 Å². The summed E-state index contributed by atoms with van der Waals surface area (Å²) in [7, 11) is 0. The van der Waals surface area contributed by atoms with Crippen LogP contribution >= 0.6 is 0 Å². The van der Waals surface area contributed by atoms with Crippen LogP contribution in [-0.4, -0.2) is 41.3 Å². The molecule has 0 spiro atoms. The van der Waals surface area contributed by atoms with Crippen molar-refractivity contribution in [3.63, 3.8) is 0 Å². The first-order valence-corrected chi connectivity index (χ1v) is 8.69. The van der Waals surface area contributed by atoms with Crippen molar-refractivity contribution >= 4 is 24.1 Å². The second-order valence-electron chi connectivity index (χ2n) is 6.53. The van der Waals surface area contributed by atoms with Gasteiger partial charge < -0.3 is 20.5 Å². The van der Waals surface area contributed by atoms with Crippen molar-refractivity contribution in [2.24, 2.45) is 5.92 Å². The highest BCUT2D eigenvalue weighted by Gasteiger charge is 2.23. The first-order chi connectivity index (χ1) is 11.4. The molecule has 0 aromatic rings. The molecular weight excluding hydrogens is 312 g/mol. The molecule has 24 heavy (non-hydrogen) atoms. The summed E-state index contributed by atoms with van der Waals surface area (Å²) in [4.78, 5) is 45.5. The summed E-state index contributed by atoms with van der Waals surface area (Å²) in [5.74, 6) is -1.26. The SMILES string of the molecule is CC(CCC(=O)O)NC(=O)CCC(C=O)NC(=O)C1CCCCC1. The quantitative estimate of drug-likeness (QED) is 0.520. The van der Waals surface area contributed by atoms with Crippen LogP contribution in [0.1, 0.15) is 64.7 Å². The zero-order valence-electron chi connectivity index (χ0n) is 14.3. The predicted octanol–water partition coefficient (Wildman–Crippen LogP) is 1.40. The van der Waals surface area contributed by atoms with Gasteiger partial charge in [0.25, 0.3) is 0 Å². The fourth-order valence-corrected chi connectivity index (χ4v) is 2.89. The van der Waals surface area contributed by atoms with Crippen molar-refractivity contribution in [3.8, 4) is 0 Å². The van der Waals surface area contributed by atoms with Crippen LogP contribution in [0.15, 0.2) is 0 Å². The number of hydrogen-bond donors (Lipinski definition) is 3. The number of rotatable bonds is 10. The molecule has 1 rings (SSSR count). The monoisotopic (exact) mass is 340 g/mol. The van der Waals surface area contributed by atoms with Crippen LogP contribution in [0.4, 0.5) is 0 Å². The average Bonchev–Trinajstić information content (AvgIpc) is 2.57. The molecule has 0 aliphatic heterocycles. The van der Waals surface area contributed by atoms with E-state index in [-0.39, 0.29) is 43.0 Å². The summed E-state index contributed by atoms with van der Waals surface area (Å²) in [5, 5.41) is 14.0. The number of aliphatic carboxylic acids is 1. The van der Waals surface area contributed by atoms with Crippen LogP contribution in [0, 0.1) is 5.92 Å². The third kappa shape index (κ3) is 8.08. The van der Waals surface area contributed by atoms with E-state index in [0.717, 1.165) is 32.1 Å². The van der Waals surface area contributed by atoms with Crippen molar-refractivity contribution < 1.29 is 24.3 Å². The van der Waals surface area contributed by atoms with Crippen molar-refractivity contribution in [1.82, 2.24) is 10.6 Å². The normalized spacial score (nSPS) is 17.5. The Morgan fingerprint density at radius 3 is 2.33 bits per heavy atom. The van der Waals surface area contributed by atoms with Crippen LogP contribution in [0.3, 0.4) is 0 Å².